The highest BCUT2D eigenvalue weighted by Gasteiger charge is 2.21. The minimum atomic E-state index is 1.22. The summed E-state index contributed by atoms with van der Waals surface area (Å²) in [4.78, 5) is 0. The Labute approximate surface area is 260 Å². The molecule has 45 heavy (non-hydrogen) atoms. The number of nitrogens with zero attached hydrogens (tertiary/aromatic N) is 1. The minimum absolute atomic E-state index is 1.22. The first kappa shape index (κ1) is 24.5. The molecule has 0 unspecified atom stereocenters. The quantitative estimate of drug-likeness (QED) is 0.199. The molecule has 0 aliphatic carbocycles. The summed E-state index contributed by atoms with van der Waals surface area (Å²) < 4.78 is 2.51. The summed E-state index contributed by atoms with van der Waals surface area (Å²) in [7, 11) is 0. The number of benzene rings is 8. The van der Waals surface area contributed by atoms with E-state index in [1.54, 1.807) is 0 Å². The van der Waals surface area contributed by atoms with Gasteiger partial charge in [-0.05, 0) is 97.4 Å². The Kier molecular flexibility index (Phi) is 5.06. The molecule has 0 atom stereocenters. The summed E-state index contributed by atoms with van der Waals surface area (Å²) in [6.45, 7) is 0. The summed E-state index contributed by atoms with van der Waals surface area (Å²) in [5, 5.41) is 10.3. The van der Waals surface area contributed by atoms with Crippen LogP contribution in [0, 0.1) is 0 Å². The number of fused-ring (bicyclic) bond motifs is 8. The molecule has 0 aliphatic rings. The molecule has 2 aromatic heterocycles. The van der Waals surface area contributed by atoms with E-state index in [1.165, 1.54) is 93.0 Å². The summed E-state index contributed by atoms with van der Waals surface area (Å²) in [6.07, 6.45) is 0. The van der Waals surface area contributed by atoms with Crippen molar-refractivity contribution in [3.05, 3.63) is 164 Å². The van der Waals surface area contributed by atoms with Crippen LogP contribution in [0.2, 0.25) is 0 Å². The van der Waals surface area contributed by atoms with Crippen LogP contribution in [0.1, 0.15) is 0 Å². The van der Waals surface area contributed by atoms with Gasteiger partial charge in [0, 0.05) is 21.5 Å². The first-order valence-corrected chi connectivity index (χ1v) is 15.6. The fourth-order valence-corrected chi connectivity index (χ4v) is 7.53. The lowest BCUT2D eigenvalue weighted by molar-refractivity contribution is 1.38. The maximum Gasteiger partial charge on any atom is 0.0620 e. The second-order valence-corrected chi connectivity index (χ2v) is 12.2. The molecule has 1 heteroatoms. The van der Waals surface area contributed by atoms with E-state index in [-0.39, 0.29) is 0 Å². The molecule has 0 aliphatic heterocycles. The first-order chi connectivity index (χ1) is 22.3. The third kappa shape index (κ3) is 3.62. The van der Waals surface area contributed by atoms with Gasteiger partial charge in [-0.15, -0.1) is 0 Å². The predicted octanol–water partition coefficient (Wildman–Crippen LogP) is 12.1. The highest BCUT2D eigenvalue weighted by molar-refractivity contribution is 6.27. The Morgan fingerprint density at radius 1 is 0.289 bits per heavy atom. The van der Waals surface area contributed by atoms with Crippen LogP contribution in [0.5, 0.6) is 0 Å². The Morgan fingerprint density at radius 3 is 1.33 bits per heavy atom. The molecule has 10 rings (SSSR count). The second kappa shape index (κ2) is 9.29. The van der Waals surface area contributed by atoms with Crippen LogP contribution in [0.25, 0.3) is 93.0 Å². The van der Waals surface area contributed by atoms with Crippen molar-refractivity contribution in [1.82, 2.24) is 4.40 Å². The lowest BCUT2D eigenvalue weighted by Gasteiger charge is -2.14. The normalized spacial score (nSPS) is 12.0. The average molecular weight is 570 g/mol. The highest BCUT2D eigenvalue weighted by atomic mass is 14.9. The molecule has 0 amide bonds. The molecule has 1 nitrogen and oxygen atoms in total. The van der Waals surface area contributed by atoms with Crippen molar-refractivity contribution in [2.45, 2.75) is 0 Å². The molecule has 0 spiro atoms. The van der Waals surface area contributed by atoms with Gasteiger partial charge in [-0.1, -0.05) is 121 Å². The van der Waals surface area contributed by atoms with Crippen LogP contribution in [0.4, 0.5) is 0 Å². The van der Waals surface area contributed by atoms with E-state index >= 15 is 0 Å². The molecule has 0 radical (unpaired) electrons. The Morgan fingerprint density at radius 2 is 0.778 bits per heavy atom. The smallest absolute Gasteiger partial charge is 0.0620 e. The molecule has 10 aromatic rings. The Balaban J connectivity index is 1.35. The number of hydrogen-bond donors (Lipinski definition) is 0. The van der Waals surface area contributed by atoms with Crippen molar-refractivity contribution in [2.24, 2.45) is 0 Å². The topological polar surface area (TPSA) is 4.41 Å². The average Bonchev–Trinajstić information content (AvgIpc) is 3.60. The zero-order valence-corrected chi connectivity index (χ0v) is 24.5. The van der Waals surface area contributed by atoms with E-state index in [0.717, 1.165) is 0 Å². The van der Waals surface area contributed by atoms with Crippen molar-refractivity contribution < 1.29 is 0 Å². The molecule has 2 heterocycles. The third-order valence-corrected chi connectivity index (χ3v) is 9.65. The monoisotopic (exact) mass is 569 g/mol. The maximum atomic E-state index is 2.51. The summed E-state index contributed by atoms with van der Waals surface area (Å²) in [6, 6.07) is 60.3. The summed E-state index contributed by atoms with van der Waals surface area (Å²) >= 11 is 0. The van der Waals surface area contributed by atoms with Crippen molar-refractivity contribution in [3.8, 4) is 33.4 Å². The lowest BCUT2D eigenvalue weighted by Crippen LogP contribution is -1.88. The van der Waals surface area contributed by atoms with Crippen LogP contribution >= 0.6 is 0 Å². The fourth-order valence-electron chi connectivity index (χ4n) is 7.53. The molecular weight excluding hydrogens is 542 g/mol. The van der Waals surface area contributed by atoms with E-state index in [9.17, 15) is 0 Å². The molecule has 0 bridgehead atoms. The number of hydrogen-bond acceptors (Lipinski definition) is 0. The van der Waals surface area contributed by atoms with Crippen LogP contribution in [-0.4, -0.2) is 4.40 Å². The van der Waals surface area contributed by atoms with Crippen molar-refractivity contribution in [3.63, 3.8) is 0 Å². The van der Waals surface area contributed by atoms with E-state index in [0.29, 0.717) is 0 Å². The molecular formula is C44H27N. The van der Waals surface area contributed by atoms with E-state index in [1.807, 2.05) is 0 Å². The predicted molar refractivity (Wildman–Crippen MR) is 192 cm³/mol. The molecule has 0 saturated carbocycles. The zero-order valence-electron chi connectivity index (χ0n) is 24.5. The Hall–Kier alpha value is -5.92. The Bertz CT molecular complexity index is 2610. The summed E-state index contributed by atoms with van der Waals surface area (Å²) in [5.41, 5.74) is 11.2. The van der Waals surface area contributed by atoms with Gasteiger partial charge < -0.3 is 4.40 Å². The van der Waals surface area contributed by atoms with Crippen molar-refractivity contribution >= 4 is 59.6 Å². The first-order valence-electron chi connectivity index (χ1n) is 15.6. The number of aromatic nitrogens is 1. The van der Waals surface area contributed by atoms with Crippen molar-refractivity contribution in [1.29, 1.82) is 0 Å². The zero-order chi connectivity index (χ0) is 29.5. The molecule has 0 saturated heterocycles. The maximum absolute atomic E-state index is 2.51. The largest absolute Gasteiger partial charge is 0.308 e. The van der Waals surface area contributed by atoms with Gasteiger partial charge >= 0.3 is 0 Å². The van der Waals surface area contributed by atoms with E-state index < -0.39 is 0 Å². The lowest BCUT2D eigenvalue weighted by atomic mass is 9.89. The second-order valence-electron chi connectivity index (χ2n) is 12.2. The number of rotatable bonds is 3. The standard InChI is InChI=1S/C44H27N/c1-3-11-28(12-4-1)34-19-20-36(37(21-34)29-13-5-2-6-14-29)35-24-40-38-22-30-15-7-9-17-32(30)26-42(38)45-43-27-33-18-10-8-16-31(33)23-39(43)41(25-35)44(40)45/h1-27H. The van der Waals surface area contributed by atoms with Gasteiger partial charge in [0.1, 0.15) is 0 Å². The van der Waals surface area contributed by atoms with Gasteiger partial charge in [0.2, 0.25) is 0 Å². The molecule has 0 fully saturated rings. The van der Waals surface area contributed by atoms with Gasteiger partial charge in [-0.3, -0.25) is 0 Å². The van der Waals surface area contributed by atoms with Gasteiger partial charge in [0.25, 0.3) is 0 Å². The minimum Gasteiger partial charge on any atom is -0.308 e. The van der Waals surface area contributed by atoms with Crippen LogP contribution < -0.4 is 0 Å². The van der Waals surface area contributed by atoms with E-state index in [2.05, 4.69) is 168 Å². The molecule has 8 aromatic carbocycles. The fraction of sp³-hybridized carbons (Fsp3) is 0. The third-order valence-electron chi connectivity index (χ3n) is 9.65. The van der Waals surface area contributed by atoms with E-state index in [4.69, 9.17) is 0 Å². The van der Waals surface area contributed by atoms with Gasteiger partial charge in [-0.2, -0.15) is 0 Å². The van der Waals surface area contributed by atoms with Gasteiger partial charge in [0.15, 0.2) is 0 Å². The summed E-state index contributed by atoms with van der Waals surface area (Å²) in [5.74, 6) is 0. The molecule has 0 N–H and O–H groups in total. The van der Waals surface area contributed by atoms with Crippen molar-refractivity contribution in [2.75, 3.05) is 0 Å². The van der Waals surface area contributed by atoms with Gasteiger partial charge in [0.05, 0.1) is 16.6 Å². The van der Waals surface area contributed by atoms with Gasteiger partial charge in [-0.25, -0.2) is 0 Å². The van der Waals surface area contributed by atoms with Crippen LogP contribution in [-0.2, 0) is 0 Å². The highest BCUT2D eigenvalue weighted by Crippen LogP contribution is 2.45. The molecule has 208 valence electrons. The van der Waals surface area contributed by atoms with Crippen LogP contribution in [0.15, 0.2) is 164 Å². The SMILES string of the molecule is c1ccc(-c2ccc(-c3cc4c5cc6ccccc6cc5n5c6cc7ccccc7cc6c(c3)c45)c(-c3ccccc3)c2)cc1. The van der Waals surface area contributed by atoms with Crippen LogP contribution in [0.3, 0.4) is 0 Å².